The monoisotopic (exact) mass is 277 g/mol. The second kappa shape index (κ2) is 5.90. The highest BCUT2D eigenvalue weighted by Gasteiger charge is 2.14. The molecule has 4 heteroatoms. The van der Waals surface area contributed by atoms with Crippen LogP contribution in [0.5, 0.6) is 5.75 Å². The summed E-state index contributed by atoms with van der Waals surface area (Å²) in [6.45, 7) is 3.84. The first-order valence-corrected chi connectivity index (χ1v) is 6.38. The van der Waals surface area contributed by atoms with Crippen molar-refractivity contribution in [2.75, 3.05) is 12.4 Å². The number of hydrogen-bond acceptors (Lipinski definition) is 2. The maximum Gasteiger partial charge on any atom is 0.181 e. The Balaban J connectivity index is 2.28. The van der Waals surface area contributed by atoms with E-state index in [4.69, 9.17) is 4.74 Å². The summed E-state index contributed by atoms with van der Waals surface area (Å²) in [5.41, 5.74) is 2.11. The lowest BCUT2D eigenvalue weighted by Crippen LogP contribution is -2.10. The van der Waals surface area contributed by atoms with E-state index < -0.39 is 11.6 Å². The summed E-state index contributed by atoms with van der Waals surface area (Å²) in [4.78, 5) is 0. The molecule has 0 radical (unpaired) electrons. The number of halogens is 2. The van der Waals surface area contributed by atoms with Crippen LogP contribution in [-0.2, 0) is 0 Å². The number of benzene rings is 2. The largest absolute Gasteiger partial charge is 0.496 e. The molecule has 106 valence electrons. The Morgan fingerprint density at radius 1 is 1.15 bits per heavy atom. The molecule has 1 N–H and O–H groups in total. The second-order valence-corrected chi connectivity index (χ2v) is 4.71. The van der Waals surface area contributed by atoms with Crippen LogP contribution in [0.15, 0.2) is 36.4 Å². The molecule has 0 saturated carbocycles. The number of aryl methyl sites for hydroxylation is 1. The van der Waals surface area contributed by atoms with Crippen molar-refractivity contribution in [3.8, 4) is 5.75 Å². The van der Waals surface area contributed by atoms with Gasteiger partial charge in [-0.25, -0.2) is 8.78 Å². The van der Waals surface area contributed by atoms with Gasteiger partial charge in [-0.3, -0.25) is 0 Å². The highest BCUT2D eigenvalue weighted by atomic mass is 19.2. The topological polar surface area (TPSA) is 21.3 Å². The van der Waals surface area contributed by atoms with Crippen LogP contribution in [0.3, 0.4) is 0 Å². The third-order valence-electron chi connectivity index (χ3n) is 3.18. The van der Waals surface area contributed by atoms with Crippen LogP contribution in [0.25, 0.3) is 0 Å². The molecule has 0 heterocycles. The van der Waals surface area contributed by atoms with E-state index in [0.29, 0.717) is 0 Å². The van der Waals surface area contributed by atoms with Crippen LogP contribution in [0.2, 0.25) is 0 Å². The predicted molar refractivity (Wildman–Crippen MR) is 76.1 cm³/mol. The summed E-state index contributed by atoms with van der Waals surface area (Å²) in [5.74, 6) is -1.01. The van der Waals surface area contributed by atoms with Crippen molar-refractivity contribution in [1.29, 1.82) is 0 Å². The molecule has 0 fully saturated rings. The third-order valence-corrected chi connectivity index (χ3v) is 3.18. The van der Waals surface area contributed by atoms with Gasteiger partial charge < -0.3 is 10.1 Å². The number of hydrogen-bond donors (Lipinski definition) is 1. The summed E-state index contributed by atoms with van der Waals surface area (Å²) in [6, 6.07) is 9.66. The summed E-state index contributed by atoms with van der Waals surface area (Å²) < 4.78 is 32.2. The Bertz CT molecular complexity index is 613. The Morgan fingerprint density at radius 2 is 1.90 bits per heavy atom. The zero-order valence-electron chi connectivity index (χ0n) is 11.7. The van der Waals surface area contributed by atoms with E-state index in [1.165, 1.54) is 12.1 Å². The molecule has 0 aromatic heterocycles. The van der Waals surface area contributed by atoms with Gasteiger partial charge in [-0.15, -0.1) is 0 Å². The predicted octanol–water partition coefficient (Wildman–Crippen LogP) is 4.45. The summed E-state index contributed by atoms with van der Waals surface area (Å²) in [6.07, 6.45) is 0. The normalized spacial score (nSPS) is 12.1. The van der Waals surface area contributed by atoms with E-state index in [9.17, 15) is 8.78 Å². The summed E-state index contributed by atoms with van der Waals surface area (Å²) in [7, 11) is 1.59. The van der Waals surface area contributed by atoms with Crippen LogP contribution in [0.1, 0.15) is 24.1 Å². The number of nitrogens with one attached hydrogen (secondary N) is 1. The fraction of sp³-hybridized carbons (Fsp3) is 0.250. The van der Waals surface area contributed by atoms with E-state index in [2.05, 4.69) is 5.32 Å². The van der Waals surface area contributed by atoms with Crippen LogP contribution in [0, 0.1) is 18.6 Å². The molecule has 0 amide bonds. The highest BCUT2D eigenvalue weighted by Crippen LogP contribution is 2.29. The Labute approximate surface area is 117 Å². The molecular weight excluding hydrogens is 260 g/mol. The van der Waals surface area contributed by atoms with Gasteiger partial charge in [0.25, 0.3) is 0 Å². The van der Waals surface area contributed by atoms with E-state index in [-0.39, 0.29) is 11.7 Å². The van der Waals surface area contributed by atoms with Crippen molar-refractivity contribution < 1.29 is 13.5 Å². The van der Waals surface area contributed by atoms with Crippen molar-refractivity contribution in [3.63, 3.8) is 0 Å². The van der Waals surface area contributed by atoms with Crippen molar-refractivity contribution in [2.24, 2.45) is 0 Å². The molecule has 0 aliphatic heterocycles. The van der Waals surface area contributed by atoms with E-state index in [1.54, 1.807) is 7.11 Å². The smallest absolute Gasteiger partial charge is 0.181 e. The van der Waals surface area contributed by atoms with E-state index >= 15 is 0 Å². The molecule has 2 aromatic rings. The molecule has 0 saturated heterocycles. The van der Waals surface area contributed by atoms with Crippen LogP contribution in [0.4, 0.5) is 14.5 Å². The molecule has 20 heavy (non-hydrogen) atoms. The fourth-order valence-electron chi connectivity index (χ4n) is 2.10. The summed E-state index contributed by atoms with van der Waals surface area (Å²) >= 11 is 0. The first kappa shape index (κ1) is 14.3. The first-order chi connectivity index (χ1) is 9.52. The van der Waals surface area contributed by atoms with Gasteiger partial charge in [0.2, 0.25) is 0 Å². The number of rotatable bonds is 4. The summed E-state index contributed by atoms with van der Waals surface area (Å²) in [5, 5.41) is 2.97. The highest BCUT2D eigenvalue weighted by molar-refractivity contribution is 5.49. The van der Waals surface area contributed by atoms with Crippen LogP contribution < -0.4 is 10.1 Å². The molecule has 0 aliphatic rings. The average Bonchev–Trinajstić information content (AvgIpc) is 2.43. The third kappa shape index (κ3) is 2.90. The Kier molecular flexibility index (Phi) is 4.23. The first-order valence-electron chi connectivity index (χ1n) is 6.38. The molecule has 0 aliphatic carbocycles. The zero-order chi connectivity index (χ0) is 14.7. The quantitative estimate of drug-likeness (QED) is 0.891. The number of anilines is 1. The molecule has 1 atom stereocenters. The van der Waals surface area contributed by atoms with Gasteiger partial charge in [0.15, 0.2) is 11.6 Å². The van der Waals surface area contributed by atoms with Crippen molar-refractivity contribution in [3.05, 3.63) is 59.2 Å². The van der Waals surface area contributed by atoms with Crippen molar-refractivity contribution in [2.45, 2.75) is 19.9 Å². The lowest BCUT2D eigenvalue weighted by Gasteiger charge is -2.19. The maximum atomic E-state index is 13.7. The minimum Gasteiger partial charge on any atom is -0.496 e. The lowest BCUT2D eigenvalue weighted by atomic mass is 10.0. The lowest BCUT2D eigenvalue weighted by molar-refractivity contribution is 0.407. The second-order valence-electron chi connectivity index (χ2n) is 4.71. The Hall–Kier alpha value is -2.10. The number of methoxy groups -OCH3 is 1. The van der Waals surface area contributed by atoms with Crippen molar-refractivity contribution >= 4 is 5.69 Å². The van der Waals surface area contributed by atoms with Gasteiger partial charge in [-0.1, -0.05) is 18.2 Å². The molecule has 1 unspecified atom stereocenters. The van der Waals surface area contributed by atoms with Crippen molar-refractivity contribution in [1.82, 2.24) is 0 Å². The number of ether oxygens (including phenoxy) is 1. The van der Waals surface area contributed by atoms with Crippen LogP contribution >= 0.6 is 0 Å². The van der Waals surface area contributed by atoms with Gasteiger partial charge in [-0.05, 0) is 37.6 Å². The standard InChI is InChI=1S/C16H17F2NO/c1-10-7-8-12(15(9-10)20-3)11(2)19-14-6-4-5-13(17)16(14)18/h4-9,11,19H,1-3H3. The molecule has 0 bridgehead atoms. The SMILES string of the molecule is COc1cc(C)ccc1C(C)Nc1cccc(F)c1F. The average molecular weight is 277 g/mol. The van der Waals surface area contributed by atoms with Gasteiger partial charge in [0.1, 0.15) is 5.75 Å². The molecule has 0 spiro atoms. The minimum absolute atomic E-state index is 0.139. The van der Waals surface area contributed by atoms with Crippen LogP contribution in [-0.4, -0.2) is 7.11 Å². The molecular formula is C16H17F2NO. The molecule has 2 nitrogen and oxygen atoms in total. The van der Waals surface area contributed by atoms with E-state index in [1.807, 2.05) is 32.0 Å². The van der Waals surface area contributed by atoms with Gasteiger partial charge in [0.05, 0.1) is 18.8 Å². The van der Waals surface area contributed by atoms with Gasteiger partial charge in [-0.2, -0.15) is 0 Å². The zero-order valence-corrected chi connectivity index (χ0v) is 11.7. The van der Waals surface area contributed by atoms with E-state index in [0.717, 1.165) is 22.9 Å². The fourth-order valence-corrected chi connectivity index (χ4v) is 2.10. The Morgan fingerprint density at radius 3 is 2.60 bits per heavy atom. The van der Waals surface area contributed by atoms with Gasteiger partial charge in [0, 0.05) is 5.56 Å². The molecule has 2 rings (SSSR count). The maximum absolute atomic E-state index is 13.7. The van der Waals surface area contributed by atoms with Gasteiger partial charge >= 0.3 is 0 Å². The minimum atomic E-state index is -0.870. The molecule has 2 aromatic carbocycles.